The van der Waals surface area contributed by atoms with Crippen LogP contribution in [0.2, 0.25) is 0 Å². The molecule has 0 aliphatic heterocycles. The first-order chi connectivity index (χ1) is 6.22. The van der Waals surface area contributed by atoms with Crippen molar-refractivity contribution in [1.82, 2.24) is 0 Å². The van der Waals surface area contributed by atoms with E-state index in [1.165, 1.54) is 12.8 Å². The Hall–Kier alpha value is 0.0700. The quantitative estimate of drug-likeness (QED) is 0.467. The van der Waals surface area contributed by atoms with E-state index in [-0.39, 0.29) is 0 Å². The van der Waals surface area contributed by atoms with E-state index in [0.29, 0.717) is 0 Å². The molecule has 1 aromatic carbocycles. The maximum Gasteiger partial charge on any atom is 0.0813 e. The SMILES string of the molecule is CCCCNc1c(SC)c(=S)c1=S. The van der Waals surface area contributed by atoms with Crippen LogP contribution in [0.4, 0.5) is 5.69 Å². The summed E-state index contributed by atoms with van der Waals surface area (Å²) in [4.78, 5) is 1.16. The fourth-order valence-electron chi connectivity index (χ4n) is 1.12. The zero-order chi connectivity index (χ0) is 9.84. The fraction of sp³-hybridized carbons (Fsp3) is 0.556. The summed E-state index contributed by atoms with van der Waals surface area (Å²) in [5.41, 5.74) is 1.10. The summed E-state index contributed by atoms with van der Waals surface area (Å²) in [6, 6.07) is 0. The van der Waals surface area contributed by atoms with E-state index in [1.807, 2.05) is 6.26 Å². The molecule has 1 N–H and O–H groups in total. The first-order valence-corrected chi connectivity index (χ1v) is 6.37. The highest BCUT2D eigenvalue weighted by Gasteiger charge is 2.12. The monoisotopic (exact) mass is 231 g/mol. The predicted octanol–water partition coefficient (Wildman–Crippen LogP) is 3.96. The highest BCUT2D eigenvalue weighted by atomic mass is 32.2. The molecule has 0 saturated heterocycles. The molecule has 0 fully saturated rings. The van der Waals surface area contributed by atoms with Crippen molar-refractivity contribution in [1.29, 1.82) is 0 Å². The lowest BCUT2D eigenvalue weighted by molar-refractivity contribution is 0.831. The van der Waals surface area contributed by atoms with Crippen LogP contribution in [0, 0.1) is 9.02 Å². The minimum atomic E-state index is 0.843. The molecule has 1 aromatic rings. The van der Waals surface area contributed by atoms with Gasteiger partial charge in [0.25, 0.3) is 0 Å². The summed E-state index contributed by atoms with van der Waals surface area (Å²) in [5.74, 6) is 0. The third-order valence-electron chi connectivity index (χ3n) is 1.90. The Bertz CT molecular complexity index is 350. The summed E-state index contributed by atoms with van der Waals surface area (Å²) >= 11 is 11.9. The molecule has 0 spiro atoms. The van der Waals surface area contributed by atoms with Gasteiger partial charge >= 0.3 is 0 Å². The highest BCUT2D eigenvalue weighted by Crippen LogP contribution is 2.34. The summed E-state index contributed by atoms with van der Waals surface area (Å²) in [6.45, 7) is 3.17. The Morgan fingerprint density at radius 1 is 1.31 bits per heavy atom. The second kappa shape index (κ2) is 5.08. The van der Waals surface area contributed by atoms with E-state index in [4.69, 9.17) is 24.4 Å². The molecule has 13 heavy (non-hydrogen) atoms. The van der Waals surface area contributed by atoms with Crippen LogP contribution in [0.5, 0.6) is 0 Å². The topological polar surface area (TPSA) is 12.0 Å². The van der Waals surface area contributed by atoms with Crippen LogP contribution in [-0.2, 0) is 0 Å². The Labute approximate surface area is 93.6 Å². The second-order valence-corrected chi connectivity index (χ2v) is 4.48. The minimum absolute atomic E-state index is 0.843. The van der Waals surface area contributed by atoms with Gasteiger partial charge in [0.2, 0.25) is 0 Å². The molecule has 0 saturated carbocycles. The normalized spacial score (nSPS) is 10.6. The maximum atomic E-state index is 5.15. The standard InChI is InChI=1S/C9H13NS3/c1-3-4-5-10-6-7(11)8(12)9(6)13-2/h10H,3-5H2,1-2H3. The van der Waals surface area contributed by atoms with Crippen molar-refractivity contribution in [2.45, 2.75) is 24.7 Å². The van der Waals surface area contributed by atoms with Gasteiger partial charge in [-0.2, -0.15) is 0 Å². The smallest absolute Gasteiger partial charge is 0.0813 e. The molecule has 0 aromatic heterocycles. The minimum Gasteiger partial charge on any atom is -0.383 e. The van der Waals surface area contributed by atoms with Gasteiger partial charge < -0.3 is 5.32 Å². The lowest BCUT2D eigenvalue weighted by Gasteiger charge is -2.13. The largest absolute Gasteiger partial charge is 0.383 e. The van der Waals surface area contributed by atoms with Crippen LogP contribution in [0.1, 0.15) is 19.8 Å². The molecule has 0 atom stereocenters. The van der Waals surface area contributed by atoms with Gasteiger partial charge in [-0.25, -0.2) is 0 Å². The first kappa shape index (κ1) is 11.1. The van der Waals surface area contributed by atoms with Crippen molar-refractivity contribution in [3.05, 3.63) is 9.02 Å². The van der Waals surface area contributed by atoms with Gasteiger partial charge in [-0.3, -0.25) is 0 Å². The van der Waals surface area contributed by atoms with Crippen molar-refractivity contribution < 1.29 is 0 Å². The van der Waals surface area contributed by atoms with Gasteiger partial charge in [-0.15, -0.1) is 11.8 Å². The molecular formula is C9H13NS3. The fourth-order valence-corrected chi connectivity index (χ4v) is 2.64. The Kier molecular flexibility index (Phi) is 4.35. The summed E-state index contributed by atoms with van der Waals surface area (Å²) in [5, 5.41) is 3.33. The summed E-state index contributed by atoms with van der Waals surface area (Å²) < 4.78 is 1.71. The third-order valence-corrected chi connectivity index (χ3v) is 3.79. The van der Waals surface area contributed by atoms with Crippen LogP contribution < -0.4 is 5.32 Å². The van der Waals surface area contributed by atoms with Crippen molar-refractivity contribution in [2.24, 2.45) is 0 Å². The zero-order valence-corrected chi connectivity index (χ0v) is 10.3. The highest BCUT2D eigenvalue weighted by molar-refractivity contribution is 7.99. The van der Waals surface area contributed by atoms with Crippen molar-refractivity contribution in [3.8, 4) is 0 Å². The lowest BCUT2D eigenvalue weighted by atomic mass is 10.2. The van der Waals surface area contributed by atoms with Gasteiger partial charge in [0.1, 0.15) is 0 Å². The van der Waals surface area contributed by atoms with Crippen LogP contribution in [0.3, 0.4) is 0 Å². The molecule has 1 rings (SSSR count). The van der Waals surface area contributed by atoms with Gasteiger partial charge in [0.15, 0.2) is 0 Å². The van der Waals surface area contributed by atoms with Gasteiger partial charge in [0, 0.05) is 6.54 Å². The molecule has 0 bridgehead atoms. The van der Waals surface area contributed by atoms with E-state index >= 15 is 0 Å². The molecule has 0 heterocycles. The second-order valence-electron chi connectivity index (χ2n) is 2.85. The van der Waals surface area contributed by atoms with Gasteiger partial charge in [-0.05, 0) is 12.7 Å². The van der Waals surface area contributed by atoms with Crippen molar-refractivity contribution >= 4 is 41.9 Å². The maximum absolute atomic E-state index is 5.15. The number of nitrogens with one attached hydrogen (secondary N) is 1. The van der Waals surface area contributed by atoms with Gasteiger partial charge in [-0.1, -0.05) is 37.8 Å². The molecule has 0 radical (unpaired) electrons. The van der Waals surface area contributed by atoms with Gasteiger partial charge in [0.05, 0.1) is 19.6 Å². The molecule has 1 nitrogen and oxygen atoms in total. The zero-order valence-electron chi connectivity index (χ0n) is 7.85. The van der Waals surface area contributed by atoms with E-state index in [0.717, 1.165) is 26.1 Å². The number of hydrogen-bond acceptors (Lipinski definition) is 4. The van der Waals surface area contributed by atoms with Crippen molar-refractivity contribution in [3.63, 3.8) is 0 Å². The number of unbranched alkanes of at least 4 members (excludes halogenated alkanes) is 1. The average molecular weight is 231 g/mol. The third kappa shape index (κ3) is 2.30. The molecule has 0 amide bonds. The molecule has 0 aliphatic rings. The number of thioether (sulfide) groups is 1. The molecule has 0 unspecified atom stereocenters. The Balaban J connectivity index is 2.62. The van der Waals surface area contributed by atoms with Crippen LogP contribution in [0.15, 0.2) is 4.90 Å². The first-order valence-electron chi connectivity index (χ1n) is 4.33. The van der Waals surface area contributed by atoms with E-state index < -0.39 is 0 Å². The average Bonchev–Trinajstić information content (AvgIpc) is 2.16. The number of anilines is 1. The van der Waals surface area contributed by atoms with Crippen LogP contribution >= 0.6 is 36.2 Å². The summed E-state index contributed by atoms with van der Waals surface area (Å²) in [7, 11) is 0. The van der Waals surface area contributed by atoms with Crippen LogP contribution in [0.25, 0.3) is 0 Å². The molecule has 4 heteroatoms. The van der Waals surface area contributed by atoms with E-state index in [2.05, 4.69) is 12.2 Å². The molecule has 72 valence electrons. The van der Waals surface area contributed by atoms with E-state index in [1.54, 1.807) is 11.8 Å². The Morgan fingerprint density at radius 2 is 2.00 bits per heavy atom. The lowest BCUT2D eigenvalue weighted by Crippen LogP contribution is -2.05. The number of hydrogen-bond donors (Lipinski definition) is 1. The molecular weight excluding hydrogens is 218 g/mol. The Morgan fingerprint density at radius 3 is 2.54 bits per heavy atom. The van der Waals surface area contributed by atoms with E-state index in [9.17, 15) is 0 Å². The summed E-state index contributed by atoms with van der Waals surface area (Å²) in [6.07, 6.45) is 4.41. The van der Waals surface area contributed by atoms with Crippen molar-refractivity contribution in [2.75, 3.05) is 18.1 Å². The van der Waals surface area contributed by atoms with Crippen LogP contribution in [-0.4, -0.2) is 12.8 Å². The molecule has 0 aliphatic carbocycles. The number of rotatable bonds is 5. The predicted molar refractivity (Wildman–Crippen MR) is 65.7 cm³/mol.